The number of hydrogen-bond acceptors (Lipinski definition) is 4. The molecule has 142 valence electrons. The van der Waals surface area contributed by atoms with Crippen LogP contribution < -0.4 is 5.43 Å². The molecular formula is C23H15FN2O3. The van der Waals surface area contributed by atoms with Crippen molar-refractivity contribution in [1.82, 2.24) is 9.88 Å². The monoisotopic (exact) mass is 386 g/mol. The van der Waals surface area contributed by atoms with Crippen molar-refractivity contribution < 1.29 is 13.6 Å². The molecule has 0 radical (unpaired) electrons. The Balaban J connectivity index is 1.73. The molecule has 4 aromatic rings. The van der Waals surface area contributed by atoms with Crippen molar-refractivity contribution in [1.29, 1.82) is 0 Å². The van der Waals surface area contributed by atoms with Gasteiger partial charge in [-0.25, -0.2) is 4.39 Å². The third-order valence-corrected chi connectivity index (χ3v) is 5.13. The fourth-order valence-corrected chi connectivity index (χ4v) is 3.81. The van der Waals surface area contributed by atoms with Gasteiger partial charge in [-0.05, 0) is 41.5 Å². The quantitative estimate of drug-likeness (QED) is 0.532. The lowest BCUT2D eigenvalue weighted by Gasteiger charge is -2.25. The van der Waals surface area contributed by atoms with Gasteiger partial charge >= 0.3 is 0 Å². The number of pyridine rings is 1. The summed E-state index contributed by atoms with van der Waals surface area (Å²) in [4.78, 5) is 32.2. The second-order valence-corrected chi connectivity index (χ2v) is 6.92. The van der Waals surface area contributed by atoms with Crippen molar-refractivity contribution in [2.45, 2.75) is 12.6 Å². The van der Waals surface area contributed by atoms with E-state index in [1.807, 2.05) is 6.07 Å². The zero-order valence-electron chi connectivity index (χ0n) is 15.2. The average molecular weight is 386 g/mol. The van der Waals surface area contributed by atoms with E-state index in [4.69, 9.17) is 4.42 Å². The number of nitrogens with zero attached hydrogens (tertiary/aromatic N) is 2. The van der Waals surface area contributed by atoms with Crippen LogP contribution in [0.2, 0.25) is 0 Å². The first kappa shape index (κ1) is 17.3. The van der Waals surface area contributed by atoms with Crippen molar-refractivity contribution in [2.75, 3.05) is 0 Å². The molecule has 0 saturated carbocycles. The van der Waals surface area contributed by atoms with E-state index in [0.29, 0.717) is 16.5 Å². The van der Waals surface area contributed by atoms with E-state index in [1.165, 1.54) is 12.1 Å². The normalized spacial score (nSPS) is 15.7. The topological polar surface area (TPSA) is 63.4 Å². The summed E-state index contributed by atoms with van der Waals surface area (Å²) in [6.07, 6.45) is 3.32. The highest BCUT2D eigenvalue weighted by Crippen LogP contribution is 2.39. The number of carbonyl (C=O) groups excluding carboxylic acids is 1. The summed E-state index contributed by atoms with van der Waals surface area (Å²) in [6, 6.07) is 15.7. The van der Waals surface area contributed by atoms with Crippen LogP contribution in [-0.2, 0) is 6.54 Å². The van der Waals surface area contributed by atoms with Gasteiger partial charge < -0.3 is 9.32 Å². The number of carbonyl (C=O) groups is 1. The Labute approximate surface area is 165 Å². The maximum atomic E-state index is 13.5. The lowest BCUT2D eigenvalue weighted by atomic mass is 9.98. The highest BCUT2D eigenvalue weighted by molar-refractivity contribution is 5.99. The van der Waals surface area contributed by atoms with E-state index in [2.05, 4.69) is 4.98 Å². The molecule has 0 aliphatic carbocycles. The minimum atomic E-state index is -0.667. The Hall–Kier alpha value is -3.80. The van der Waals surface area contributed by atoms with Crippen molar-refractivity contribution >= 4 is 16.9 Å². The summed E-state index contributed by atoms with van der Waals surface area (Å²) in [7, 11) is 0. The largest absolute Gasteiger partial charge is 0.450 e. The van der Waals surface area contributed by atoms with Gasteiger partial charge in [-0.2, -0.15) is 0 Å². The zero-order valence-corrected chi connectivity index (χ0v) is 15.2. The molecule has 1 aliphatic rings. The Morgan fingerprint density at radius 3 is 2.55 bits per heavy atom. The predicted molar refractivity (Wildman–Crippen MR) is 105 cm³/mol. The van der Waals surface area contributed by atoms with E-state index < -0.39 is 6.04 Å². The molecule has 0 saturated heterocycles. The molecule has 1 atom stereocenters. The smallest absolute Gasteiger partial charge is 0.291 e. The molecule has 0 unspecified atom stereocenters. The molecule has 0 bridgehead atoms. The van der Waals surface area contributed by atoms with Gasteiger partial charge in [0.05, 0.1) is 17.0 Å². The molecular weight excluding hydrogens is 371 g/mol. The lowest BCUT2D eigenvalue weighted by Crippen LogP contribution is -2.29. The predicted octanol–water partition coefficient (Wildman–Crippen LogP) is 4.07. The van der Waals surface area contributed by atoms with Crippen molar-refractivity contribution in [2.24, 2.45) is 0 Å². The van der Waals surface area contributed by atoms with Gasteiger partial charge in [0.25, 0.3) is 5.91 Å². The van der Waals surface area contributed by atoms with Crippen molar-refractivity contribution in [3.05, 3.63) is 112 Å². The Bertz CT molecular complexity index is 1280. The van der Waals surface area contributed by atoms with Crippen LogP contribution in [0, 0.1) is 5.82 Å². The van der Waals surface area contributed by atoms with Gasteiger partial charge in [-0.15, -0.1) is 0 Å². The maximum Gasteiger partial charge on any atom is 0.291 e. The molecule has 2 aromatic heterocycles. The third-order valence-electron chi connectivity index (χ3n) is 5.13. The first-order chi connectivity index (χ1) is 14.1. The molecule has 5 rings (SSSR count). The SMILES string of the molecule is O=C1c2oc3ccccc3c(=O)c2[C@H](c2ccc(F)cc2)N1Cc1cccnc1. The first-order valence-electron chi connectivity index (χ1n) is 9.14. The fraction of sp³-hybridized carbons (Fsp3) is 0.0870. The van der Waals surface area contributed by atoms with E-state index in [-0.39, 0.29) is 35.0 Å². The number of rotatable bonds is 3. The van der Waals surface area contributed by atoms with Crippen molar-refractivity contribution in [3.8, 4) is 0 Å². The number of para-hydroxylation sites is 1. The lowest BCUT2D eigenvalue weighted by molar-refractivity contribution is 0.0714. The minimum absolute atomic E-state index is 0.0342. The molecule has 3 heterocycles. The van der Waals surface area contributed by atoms with Gasteiger partial charge in [0.15, 0.2) is 5.43 Å². The maximum absolute atomic E-state index is 13.5. The number of halogens is 1. The van der Waals surface area contributed by atoms with Gasteiger partial charge in [0, 0.05) is 18.9 Å². The van der Waals surface area contributed by atoms with Gasteiger partial charge in [0.2, 0.25) is 5.76 Å². The molecule has 1 aliphatic heterocycles. The Kier molecular flexibility index (Phi) is 3.98. The molecule has 1 amide bonds. The number of hydrogen-bond donors (Lipinski definition) is 0. The molecule has 5 nitrogen and oxygen atoms in total. The highest BCUT2D eigenvalue weighted by Gasteiger charge is 2.42. The Morgan fingerprint density at radius 1 is 1.00 bits per heavy atom. The van der Waals surface area contributed by atoms with E-state index >= 15 is 0 Å². The van der Waals surface area contributed by atoms with Crippen LogP contribution in [-0.4, -0.2) is 15.8 Å². The Morgan fingerprint density at radius 2 is 1.79 bits per heavy atom. The molecule has 2 aromatic carbocycles. The van der Waals surface area contributed by atoms with Crippen LogP contribution in [0.5, 0.6) is 0 Å². The number of aromatic nitrogens is 1. The summed E-state index contributed by atoms with van der Waals surface area (Å²) in [5, 5.41) is 0.411. The van der Waals surface area contributed by atoms with Crippen LogP contribution in [0.4, 0.5) is 4.39 Å². The summed E-state index contributed by atoms with van der Waals surface area (Å²) in [6.45, 7) is 0.245. The van der Waals surface area contributed by atoms with Crippen LogP contribution in [0.1, 0.15) is 33.3 Å². The summed E-state index contributed by atoms with van der Waals surface area (Å²) >= 11 is 0. The highest BCUT2D eigenvalue weighted by atomic mass is 19.1. The van der Waals surface area contributed by atoms with Crippen molar-refractivity contribution in [3.63, 3.8) is 0 Å². The molecule has 6 heteroatoms. The second-order valence-electron chi connectivity index (χ2n) is 6.92. The molecule has 29 heavy (non-hydrogen) atoms. The number of fused-ring (bicyclic) bond motifs is 2. The number of benzene rings is 2. The third kappa shape index (κ3) is 2.81. The molecule has 0 N–H and O–H groups in total. The average Bonchev–Trinajstić information content (AvgIpc) is 3.02. The van der Waals surface area contributed by atoms with E-state index in [9.17, 15) is 14.0 Å². The van der Waals surface area contributed by atoms with E-state index in [1.54, 1.807) is 59.8 Å². The van der Waals surface area contributed by atoms with E-state index in [0.717, 1.165) is 5.56 Å². The van der Waals surface area contributed by atoms with Crippen LogP contribution >= 0.6 is 0 Å². The van der Waals surface area contributed by atoms with Crippen LogP contribution in [0.25, 0.3) is 11.0 Å². The second kappa shape index (κ2) is 6.67. The summed E-state index contributed by atoms with van der Waals surface area (Å²) in [5.74, 6) is -0.726. The molecule has 0 spiro atoms. The summed E-state index contributed by atoms with van der Waals surface area (Å²) in [5.41, 5.74) is 1.86. The van der Waals surface area contributed by atoms with Gasteiger partial charge in [-0.3, -0.25) is 14.6 Å². The first-order valence-corrected chi connectivity index (χ1v) is 9.14. The summed E-state index contributed by atoms with van der Waals surface area (Å²) < 4.78 is 19.4. The van der Waals surface area contributed by atoms with Crippen LogP contribution in [0.15, 0.2) is 82.3 Å². The van der Waals surface area contributed by atoms with Gasteiger partial charge in [-0.1, -0.05) is 30.3 Å². The fourth-order valence-electron chi connectivity index (χ4n) is 3.81. The van der Waals surface area contributed by atoms with Crippen LogP contribution in [0.3, 0.4) is 0 Å². The zero-order chi connectivity index (χ0) is 20.0. The minimum Gasteiger partial charge on any atom is -0.450 e. The molecule has 0 fully saturated rings. The number of amides is 1. The standard InChI is InChI=1S/C23H15FN2O3/c24-16-9-7-15(8-10-16)20-19-21(27)17-5-1-2-6-18(17)29-22(19)23(28)26(20)13-14-4-3-11-25-12-14/h1-12,20H,13H2/t20-/m0/s1. The van der Waals surface area contributed by atoms with Gasteiger partial charge in [0.1, 0.15) is 11.4 Å².